The van der Waals surface area contributed by atoms with Gasteiger partial charge in [0.1, 0.15) is 0 Å². The first-order valence-electron chi connectivity index (χ1n) is 11.1. The largest absolute Gasteiger partial charge is 0.493 e. The highest BCUT2D eigenvalue weighted by Gasteiger charge is 2.28. The van der Waals surface area contributed by atoms with Gasteiger partial charge in [-0.3, -0.25) is 4.99 Å². The van der Waals surface area contributed by atoms with E-state index < -0.39 is 0 Å². The molecule has 6 nitrogen and oxygen atoms in total. The lowest BCUT2D eigenvalue weighted by atomic mass is 9.90. The first kappa shape index (κ1) is 19.5. The summed E-state index contributed by atoms with van der Waals surface area (Å²) < 4.78 is 11.8. The zero-order chi connectivity index (χ0) is 20.3. The van der Waals surface area contributed by atoms with Crippen molar-refractivity contribution in [2.75, 3.05) is 46.4 Å². The molecule has 0 spiro atoms. The van der Waals surface area contributed by atoms with Crippen molar-refractivity contribution in [1.29, 1.82) is 0 Å². The molecule has 4 aliphatic heterocycles. The Balaban J connectivity index is 1.40. The molecule has 1 fully saturated rings. The fraction of sp³-hybridized carbons (Fsp3) is 0.500. The number of nitrogens with one attached hydrogen (secondary N) is 1. The first-order valence-corrected chi connectivity index (χ1v) is 11.1. The zero-order valence-electron chi connectivity index (χ0n) is 17.7. The van der Waals surface area contributed by atoms with Crippen molar-refractivity contribution in [3.05, 3.63) is 46.1 Å². The van der Waals surface area contributed by atoms with Gasteiger partial charge in [-0.25, -0.2) is 4.99 Å². The number of aliphatic imine (C=N–C) groups is 1. The molecule has 1 aromatic carbocycles. The number of hydrogen-bond donors (Lipinski definition) is 1. The molecule has 0 amide bonds. The fourth-order valence-corrected chi connectivity index (χ4v) is 4.79. The molecular weight excluding hydrogens is 376 g/mol. The Morgan fingerprint density at radius 2 is 2.10 bits per heavy atom. The monoisotopic (exact) mass is 406 g/mol. The first-order chi connectivity index (χ1) is 14.8. The average molecular weight is 407 g/mol. The van der Waals surface area contributed by atoms with Crippen LogP contribution in [0.3, 0.4) is 0 Å². The Bertz CT molecular complexity index is 1020. The van der Waals surface area contributed by atoms with Gasteiger partial charge < -0.3 is 19.7 Å². The van der Waals surface area contributed by atoms with Crippen molar-refractivity contribution in [2.24, 2.45) is 9.98 Å². The highest BCUT2D eigenvalue weighted by molar-refractivity contribution is 5.87. The minimum absolute atomic E-state index is 0.0500. The van der Waals surface area contributed by atoms with Gasteiger partial charge in [-0.1, -0.05) is 6.08 Å². The van der Waals surface area contributed by atoms with E-state index in [1.165, 1.54) is 37.1 Å². The molecular formula is C24H30N4O2. The minimum Gasteiger partial charge on any atom is -0.493 e. The zero-order valence-corrected chi connectivity index (χ0v) is 17.7. The minimum atomic E-state index is 0.0500. The van der Waals surface area contributed by atoms with Crippen molar-refractivity contribution >= 4 is 11.8 Å². The third-order valence-electron chi connectivity index (χ3n) is 6.36. The molecule has 0 aromatic heterocycles. The average Bonchev–Trinajstić information content (AvgIpc) is 3.43. The van der Waals surface area contributed by atoms with Gasteiger partial charge >= 0.3 is 0 Å². The number of nitrogens with zero attached hydrogens (tertiary/aromatic N) is 3. The molecule has 5 rings (SSSR count). The Labute approximate surface area is 177 Å². The van der Waals surface area contributed by atoms with Crippen LogP contribution in [0.15, 0.2) is 45.5 Å². The van der Waals surface area contributed by atoms with Crippen LogP contribution in [0.2, 0.25) is 0 Å². The van der Waals surface area contributed by atoms with Crippen LogP contribution in [0, 0.1) is 0 Å². The second-order valence-corrected chi connectivity index (χ2v) is 8.28. The number of hydrogen-bond acceptors (Lipinski definition) is 6. The lowest BCUT2D eigenvalue weighted by Crippen LogP contribution is -2.31. The van der Waals surface area contributed by atoms with E-state index in [0.29, 0.717) is 6.61 Å². The van der Waals surface area contributed by atoms with E-state index in [0.717, 1.165) is 60.2 Å². The molecule has 1 unspecified atom stereocenters. The molecule has 1 aromatic rings. The van der Waals surface area contributed by atoms with E-state index in [-0.39, 0.29) is 6.04 Å². The van der Waals surface area contributed by atoms with Crippen LogP contribution in [0.1, 0.15) is 25.7 Å². The van der Waals surface area contributed by atoms with E-state index in [1.54, 1.807) is 7.11 Å². The van der Waals surface area contributed by atoms with E-state index in [4.69, 9.17) is 19.5 Å². The van der Waals surface area contributed by atoms with Gasteiger partial charge in [0.2, 0.25) is 0 Å². The number of benzene rings is 1. The van der Waals surface area contributed by atoms with Gasteiger partial charge in [0, 0.05) is 36.2 Å². The molecule has 4 aliphatic rings. The highest BCUT2D eigenvalue weighted by atomic mass is 16.5. The van der Waals surface area contributed by atoms with Crippen LogP contribution >= 0.6 is 0 Å². The number of fused-ring (bicyclic) bond motifs is 2. The topological polar surface area (TPSA) is 58.5 Å². The van der Waals surface area contributed by atoms with E-state index >= 15 is 0 Å². The molecule has 0 aliphatic carbocycles. The summed E-state index contributed by atoms with van der Waals surface area (Å²) in [5, 5.41) is 5.46. The third-order valence-corrected chi connectivity index (χ3v) is 6.36. The number of likely N-dealkylation sites (tertiary alicyclic amines) is 1. The second kappa shape index (κ2) is 8.74. The molecule has 6 heteroatoms. The van der Waals surface area contributed by atoms with Crippen molar-refractivity contribution < 1.29 is 9.47 Å². The summed E-state index contributed by atoms with van der Waals surface area (Å²) >= 11 is 0. The molecule has 1 saturated heterocycles. The molecule has 4 heterocycles. The van der Waals surface area contributed by atoms with Gasteiger partial charge in [-0.2, -0.15) is 0 Å². The maximum Gasteiger partial charge on any atom is 0.163 e. The quantitative estimate of drug-likeness (QED) is 0.552. The van der Waals surface area contributed by atoms with Crippen molar-refractivity contribution in [1.82, 2.24) is 10.2 Å². The van der Waals surface area contributed by atoms with Gasteiger partial charge in [0.15, 0.2) is 11.5 Å². The molecule has 0 saturated carbocycles. The molecule has 0 bridgehead atoms. The summed E-state index contributed by atoms with van der Waals surface area (Å²) in [4.78, 5) is 12.2. The Morgan fingerprint density at radius 1 is 1.20 bits per heavy atom. The molecule has 0 radical (unpaired) electrons. The van der Waals surface area contributed by atoms with Crippen LogP contribution in [0.25, 0.3) is 5.57 Å². The standard InChI is InChI=1S/C24H30N4O2/c1-29-21-15-18-20(16-22(21)30-14-4-13-28-11-2-3-12-28)27-19-7-10-26-24(23(18)19)17-5-8-25-9-6-17/h5,7,10,15-16,24-25H,2-4,6,8-9,11-14H2,1H3. The maximum atomic E-state index is 6.12. The van der Waals surface area contributed by atoms with Gasteiger partial charge in [-0.05, 0) is 63.0 Å². The van der Waals surface area contributed by atoms with E-state index in [2.05, 4.69) is 22.4 Å². The van der Waals surface area contributed by atoms with Crippen LogP contribution in [-0.4, -0.2) is 63.6 Å². The van der Waals surface area contributed by atoms with Gasteiger partial charge in [0.05, 0.1) is 30.8 Å². The third kappa shape index (κ3) is 3.82. The number of rotatable bonds is 7. The number of allylic oxidation sites excluding steroid dienone is 1. The van der Waals surface area contributed by atoms with E-state index in [1.807, 2.05) is 18.4 Å². The second-order valence-electron chi connectivity index (χ2n) is 8.28. The SMILES string of the molecule is COc1cc2c(cc1OCCCN1CCCC1)=NC1=CC=NC(C3=CCNCC3)C=21. The predicted octanol–water partition coefficient (Wildman–Crippen LogP) is 1.60. The fourth-order valence-electron chi connectivity index (χ4n) is 4.79. The molecule has 30 heavy (non-hydrogen) atoms. The Morgan fingerprint density at radius 3 is 2.90 bits per heavy atom. The lowest BCUT2D eigenvalue weighted by Gasteiger charge is -2.24. The number of dihydropyridines is 1. The van der Waals surface area contributed by atoms with Crippen molar-refractivity contribution in [3.8, 4) is 11.5 Å². The van der Waals surface area contributed by atoms with Crippen LogP contribution in [0.5, 0.6) is 11.5 Å². The predicted molar refractivity (Wildman–Crippen MR) is 119 cm³/mol. The van der Waals surface area contributed by atoms with Gasteiger partial charge in [0.25, 0.3) is 0 Å². The summed E-state index contributed by atoms with van der Waals surface area (Å²) in [5.41, 5.74) is 3.58. The molecule has 1 atom stereocenters. The van der Waals surface area contributed by atoms with Crippen molar-refractivity contribution in [3.63, 3.8) is 0 Å². The summed E-state index contributed by atoms with van der Waals surface area (Å²) in [6.45, 7) is 6.16. The van der Waals surface area contributed by atoms with Crippen LogP contribution < -0.4 is 25.4 Å². The summed E-state index contributed by atoms with van der Waals surface area (Å²) in [6.07, 6.45) is 10.9. The normalized spacial score (nSPS) is 22.8. The summed E-state index contributed by atoms with van der Waals surface area (Å²) in [7, 11) is 1.71. The van der Waals surface area contributed by atoms with Crippen LogP contribution in [0.4, 0.5) is 0 Å². The number of methoxy groups -OCH3 is 1. The Kier molecular flexibility index (Phi) is 5.69. The molecule has 1 N–H and O–H groups in total. The van der Waals surface area contributed by atoms with Gasteiger partial charge in [-0.15, -0.1) is 0 Å². The van der Waals surface area contributed by atoms with E-state index in [9.17, 15) is 0 Å². The highest BCUT2D eigenvalue weighted by Crippen LogP contribution is 2.32. The van der Waals surface area contributed by atoms with Crippen molar-refractivity contribution in [2.45, 2.75) is 31.7 Å². The maximum absolute atomic E-state index is 6.12. The molecule has 158 valence electrons. The van der Waals surface area contributed by atoms with Crippen LogP contribution in [-0.2, 0) is 0 Å². The smallest absolute Gasteiger partial charge is 0.163 e. The summed E-state index contributed by atoms with van der Waals surface area (Å²) in [5.74, 6) is 1.55. The lowest BCUT2D eigenvalue weighted by molar-refractivity contribution is 0.254. The number of ether oxygens (including phenoxy) is 2. The Hall–Kier alpha value is -2.44. The summed E-state index contributed by atoms with van der Waals surface area (Å²) in [6, 6.07) is 4.17.